The number of aromatic nitrogens is 1. The third-order valence-electron chi connectivity index (χ3n) is 6.42. The van der Waals surface area contributed by atoms with E-state index in [2.05, 4.69) is 4.99 Å². The minimum Gasteiger partial charge on any atom is -0.493 e. The predicted molar refractivity (Wildman–Crippen MR) is 149 cm³/mol. The van der Waals surface area contributed by atoms with Crippen LogP contribution in [0.5, 0.6) is 11.5 Å². The average Bonchev–Trinajstić information content (AvgIpc) is 3.22. The van der Waals surface area contributed by atoms with Gasteiger partial charge in [0.1, 0.15) is 0 Å². The summed E-state index contributed by atoms with van der Waals surface area (Å²) in [5.41, 5.74) is 2.32. The summed E-state index contributed by atoms with van der Waals surface area (Å²) in [6, 6.07) is 18.7. The van der Waals surface area contributed by atoms with Crippen molar-refractivity contribution in [3.63, 3.8) is 0 Å². The monoisotopic (exact) mass is 528 g/mol. The van der Waals surface area contributed by atoms with Gasteiger partial charge >= 0.3 is 5.97 Å². The molecule has 8 heteroatoms. The van der Waals surface area contributed by atoms with Crippen LogP contribution < -0.4 is 24.4 Å². The minimum atomic E-state index is -0.673. The van der Waals surface area contributed by atoms with E-state index in [-0.39, 0.29) is 12.2 Å². The summed E-state index contributed by atoms with van der Waals surface area (Å²) in [6.45, 7) is 6.17. The lowest BCUT2D eigenvalue weighted by atomic mass is 9.91. The second-order valence-electron chi connectivity index (χ2n) is 8.71. The van der Waals surface area contributed by atoms with Crippen LogP contribution in [0.25, 0.3) is 16.8 Å². The molecule has 0 N–H and O–H groups in total. The highest BCUT2D eigenvalue weighted by Crippen LogP contribution is 2.35. The second-order valence-corrected chi connectivity index (χ2v) is 9.72. The normalized spacial score (nSPS) is 15.3. The second kappa shape index (κ2) is 10.7. The first-order valence-corrected chi connectivity index (χ1v) is 13.3. The number of thiazole rings is 1. The maximum Gasteiger partial charge on any atom is 0.338 e. The molecule has 1 aromatic heterocycles. The molecule has 0 bridgehead atoms. The van der Waals surface area contributed by atoms with Crippen LogP contribution in [-0.4, -0.2) is 30.9 Å². The molecule has 1 aliphatic rings. The Hall–Kier alpha value is -4.17. The SMILES string of the molecule is CCOC(=O)C1=C(C)N=c2s/c(=C/c3ccc(OC)c(OCC)c3)c(=O)n2[C@H]1c1cccc2ccccc12. The molecule has 0 radical (unpaired) electrons. The lowest BCUT2D eigenvalue weighted by Crippen LogP contribution is -2.40. The highest BCUT2D eigenvalue weighted by molar-refractivity contribution is 7.07. The number of benzene rings is 3. The molecule has 0 aliphatic carbocycles. The number of methoxy groups -OCH3 is 1. The Balaban J connectivity index is 1.75. The van der Waals surface area contributed by atoms with Crippen LogP contribution in [0.1, 0.15) is 37.9 Å². The van der Waals surface area contributed by atoms with E-state index >= 15 is 0 Å². The van der Waals surface area contributed by atoms with Crippen LogP contribution in [-0.2, 0) is 9.53 Å². The van der Waals surface area contributed by atoms with Gasteiger partial charge in [0.05, 0.1) is 42.2 Å². The van der Waals surface area contributed by atoms with Crippen LogP contribution in [0.3, 0.4) is 0 Å². The quantitative estimate of drug-likeness (QED) is 0.333. The number of ether oxygens (including phenoxy) is 3. The van der Waals surface area contributed by atoms with Gasteiger partial charge in [-0.2, -0.15) is 0 Å². The largest absolute Gasteiger partial charge is 0.493 e. The summed E-state index contributed by atoms with van der Waals surface area (Å²) in [5.74, 6) is 0.749. The van der Waals surface area contributed by atoms with Gasteiger partial charge in [-0.15, -0.1) is 0 Å². The van der Waals surface area contributed by atoms with Crippen molar-refractivity contribution in [3.8, 4) is 11.5 Å². The van der Waals surface area contributed by atoms with E-state index in [1.54, 1.807) is 25.5 Å². The molecule has 0 unspecified atom stereocenters. The van der Waals surface area contributed by atoms with Gasteiger partial charge in [-0.1, -0.05) is 59.9 Å². The summed E-state index contributed by atoms with van der Waals surface area (Å²) >= 11 is 1.29. The molecule has 1 aliphatic heterocycles. The Labute approximate surface area is 223 Å². The van der Waals surface area contributed by atoms with Crippen LogP contribution in [0.2, 0.25) is 0 Å². The summed E-state index contributed by atoms with van der Waals surface area (Å²) in [6.07, 6.45) is 1.81. The summed E-state index contributed by atoms with van der Waals surface area (Å²) in [7, 11) is 1.59. The Bertz CT molecular complexity index is 1740. The molecule has 1 atom stereocenters. The smallest absolute Gasteiger partial charge is 0.338 e. The highest BCUT2D eigenvalue weighted by Gasteiger charge is 2.34. The van der Waals surface area contributed by atoms with E-state index in [9.17, 15) is 9.59 Å². The van der Waals surface area contributed by atoms with Crippen molar-refractivity contribution in [1.82, 2.24) is 4.57 Å². The first-order valence-electron chi connectivity index (χ1n) is 12.4. The van der Waals surface area contributed by atoms with Gasteiger partial charge in [-0.25, -0.2) is 9.79 Å². The summed E-state index contributed by atoms with van der Waals surface area (Å²) in [4.78, 5) is 32.4. The van der Waals surface area contributed by atoms with Crippen LogP contribution in [0.15, 0.2) is 81.7 Å². The molecular formula is C30H28N2O5S. The van der Waals surface area contributed by atoms with Crippen molar-refractivity contribution < 1.29 is 19.0 Å². The Morgan fingerprint density at radius 1 is 1.05 bits per heavy atom. The molecule has 0 amide bonds. The van der Waals surface area contributed by atoms with Crippen molar-refractivity contribution in [2.24, 2.45) is 4.99 Å². The van der Waals surface area contributed by atoms with Gasteiger partial charge < -0.3 is 14.2 Å². The zero-order chi connectivity index (χ0) is 26.8. The van der Waals surface area contributed by atoms with E-state index < -0.39 is 12.0 Å². The molecule has 4 aromatic rings. The van der Waals surface area contributed by atoms with Gasteiger partial charge in [-0.05, 0) is 60.9 Å². The third-order valence-corrected chi connectivity index (χ3v) is 7.40. The number of nitrogens with zero attached hydrogens (tertiary/aromatic N) is 2. The fourth-order valence-corrected chi connectivity index (χ4v) is 5.82. The zero-order valence-electron chi connectivity index (χ0n) is 21.7. The lowest BCUT2D eigenvalue weighted by Gasteiger charge is -2.25. The lowest BCUT2D eigenvalue weighted by molar-refractivity contribution is -0.139. The van der Waals surface area contributed by atoms with E-state index in [0.717, 1.165) is 21.9 Å². The van der Waals surface area contributed by atoms with Crippen LogP contribution in [0, 0.1) is 0 Å². The van der Waals surface area contributed by atoms with Gasteiger partial charge in [-0.3, -0.25) is 9.36 Å². The molecule has 7 nitrogen and oxygen atoms in total. The summed E-state index contributed by atoms with van der Waals surface area (Å²) in [5, 5.41) is 1.98. The van der Waals surface area contributed by atoms with E-state index in [0.29, 0.717) is 38.7 Å². The molecule has 5 rings (SSSR count). The number of hydrogen-bond donors (Lipinski definition) is 0. The fourth-order valence-electron chi connectivity index (χ4n) is 4.78. The Kier molecular flexibility index (Phi) is 7.15. The molecule has 194 valence electrons. The number of rotatable bonds is 7. The molecule has 0 fully saturated rings. The minimum absolute atomic E-state index is 0.224. The van der Waals surface area contributed by atoms with Crippen molar-refractivity contribution in [3.05, 3.63) is 103 Å². The molecule has 2 heterocycles. The van der Waals surface area contributed by atoms with Gasteiger partial charge in [0.15, 0.2) is 16.3 Å². The number of allylic oxidation sites excluding steroid dienone is 1. The number of carbonyl (C=O) groups excluding carboxylic acids is 1. The number of carbonyl (C=O) groups is 1. The van der Waals surface area contributed by atoms with Crippen LogP contribution >= 0.6 is 11.3 Å². The van der Waals surface area contributed by atoms with Crippen molar-refractivity contribution >= 4 is 34.2 Å². The molecule has 38 heavy (non-hydrogen) atoms. The van der Waals surface area contributed by atoms with E-state index in [1.807, 2.05) is 73.7 Å². The maximum atomic E-state index is 14.0. The first-order chi connectivity index (χ1) is 18.5. The van der Waals surface area contributed by atoms with Crippen LogP contribution in [0.4, 0.5) is 0 Å². The third kappa shape index (κ3) is 4.52. The first kappa shape index (κ1) is 25.5. The Morgan fingerprint density at radius 2 is 1.84 bits per heavy atom. The zero-order valence-corrected chi connectivity index (χ0v) is 22.5. The van der Waals surface area contributed by atoms with Gasteiger partial charge in [0.2, 0.25) is 0 Å². The molecule has 3 aromatic carbocycles. The number of hydrogen-bond acceptors (Lipinski definition) is 7. The standard InChI is InChI=1S/C30H28N2O5S/c1-5-36-24-16-19(14-15-23(24)35-4)17-25-28(33)32-27(22-13-9-11-20-10-7-8-12-21(20)22)26(29(34)37-6-2)18(3)31-30(32)38-25/h7-17,27H,5-6H2,1-4H3/b25-17+/t27-/m0/s1. The number of esters is 1. The summed E-state index contributed by atoms with van der Waals surface area (Å²) < 4.78 is 18.6. The molecule has 0 saturated carbocycles. The molecule has 0 spiro atoms. The average molecular weight is 529 g/mol. The van der Waals surface area contributed by atoms with E-state index in [1.165, 1.54) is 11.3 Å². The Morgan fingerprint density at radius 3 is 2.61 bits per heavy atom. The van der Waals surface area contributed by atoms with Crippen molar-refractivity contribution in [2.45, 2.75) is 26.8 Å². The highest BCUT2D eigenvalue weighted by atomic mass is 32.1. The molecule has 0 saturated heterocycles. The number of fused-ring (bicyclic) bond motifs is 2. The van der Waals surface area contributed by atoms with Gasteiger partial charge in [0.25, 0.3) is 5.56 Å². The van der Waals surface area contributed by atoms with Crippen molar-refractivity contribution in [2.75, 3.05) is 20.3 Å². The van der Waals surface area contributed by atoms with Gasteiger partial charge in [0, 0.05) is 0 Å². The van der Waals surface area contributed by atoms with Crippen molar-refractivity contribution in [1.29, 1.82) is 0 Å². The fraction of sp³-hybridized carbons (Fsp3) is 0.233. The maximum absolute atomic E-state index is 14.0. The molecular weight excluding hydrogens is 500 g/mol. The predicted octanol–water partition coefficient (Wildman–Crippen LogP) is 4.36. The topological polar surface area (TPSA) is 79.1 Å². The van der Waals surface area contributed by atoms with E-state index in [4.69, 9.17) is 14.2 Å².